The van der Waals surface area contributed by atoms with Gasteiger partial charge in [0, 0.05) is 22.9 Å². The summed E-state index contributed by atoms with van der Waals surface area (Å²) in [4.78, 5) is 0. The van der Waals surface area contributed by atoms with Gasteiger partial charge in [0.2, 0.25) is 0 Å². The zero-order chi connectivity index (χ0) is 14.3. The van der Waals surface area contributed by atoms with Crippen molar-refractivity contribution in [1.82, 2.24) is 5.32 Å². The molecule has 1 N–H and O–H groups in total. The zero-order valence-corrected chi connectivity index (χ0v) is 12.7. The summed E-state index contributed by atoms with van der Waals surface area (Å²) < 4.78 is 11.9. The third-order valence-corrected chi connectivity index (χ3v) is 4.04. The van der Waals surface area contributed by atoms with Gasteiger partial charge in [0.25, 0.3) is 0 Å². The number of benzene rings is 1. The standard InChI is InChI=1S/C17H23NO2/c1-17(2,3)16-7-11-5-6-13(10-15(11)20-16)19-14-8-12(9-14)18-4/h5-7,10,12,14,18H,8-9H2,1-4H3/t12-,14-. The quantitative estimate of drug-likeness (QED) is 0.922. The molecule has 2 aromatic rings. The molecular weight excluding hydrogens is 250 g/mol. The molecule has 0 bridgehead atoms. The van der Waals surface area contributed by atoms with Crippen LogP contribution < -0.4 is 10.1 Å². The van der Waals surface area contributed by atoms with E-state index in [1.54, 1.807) is 0 Å². The molecule has 1 heterocycles. The predicted molar refractivity (Wildman–Crippen MR) is 81.4 cm³/mol. The summed E-state index contributed by atoms with van der Waals surface area (Å²) in [6, 6.07) is 8.87. The molecule has 0 amide bonds. The molecule has 1 aromatic carbocycles. The van der Waals surface area contributed by atoms with Gasteiger partial charge in [-0.1, -0.05) is 20.8 Å². The summed E-state index contributed by atoms with van der Waals surface area (Å²) in [7, 11) is 2.00. The molecule has 1 aliphatic carbocycles. The Morgan fingerprint density at radius 3 is 2.60 bits per heavy atom. The first kappa shape index (κ1) is 13.5. The molecule has 3 rings (SSSR count). The smallest absolute Gasteiger partial charge is 0.137 e. The van der Waals surface area contributed by atoms with Crippen molar-refractivity contribution in [2.45, 2.75) is 51.2 Å². The van der Waals surface area contributed by atoms with E-state index in [0.717, 1.165) is 35.3 Å². The van der Waals surface area contributed by atoms with Crippen LogP contribution >= 0.6 is 0 Å². The molecule has 20 heavy (non-hydrogen) atoms. The van der Waals surface area contributed by atoms with Gasteiger partial charge in [-0.2, -0.15) is 0 Å². The number of fused-ring (bicyclic) bond motifs is 1. The number of nitrogens with one attached hydrogen (secondary N) is 1. The fourth-order valence-electron chi connectivity index (χ4n) is 2.54. The molecule has 1 aromatic heterocycles. The van der Waals surface area contributed by atoms with Crippen LogP contribution in [0.25, 0.3) is 11.0 Å². The Morgan fingerprint density at radius 1 is 1.20 bits per heavy atom. The molecule has 0 saturated heterocycles. The fraction of sp³-hybridized carbons (Fsp3) is 0.529. The number of ether oxygens (including phenoxy) is 1. The summed E-state index contributed by atoms with van der Waals surface area (Å²) in [5.74, 6) is 1.93. The first-order valence-electron chi connectivity index (χ1n) is 7.34. The summed E-state index contributed by atoms with van der Waals surface area (Å²) in [5.41, 5.74) is 0.950. The van der Waals surface area contributed by atoms with Crippen LogP contribution in [-0.4, -0.2) is 19.2 Å². The number of rotatable bonds is 3. The second kappa shape index (κ2) is 4.81. The number of hydrogen-bond acceptors (Lipinski definition) is 3. The molecule has 1 aliphatic rings. The SMILES string of the molecule is CN[C@H]1C[C@H](Oc2ccc3cc(C(C)(C)C)oc3c2)C1. The monoisotopic (exact) mass is 273 g/mol. The summed E-state index contributed by atoms with van der Waals surface area (Å²) in [5, 5.41) is 4.41. The average Bonchev–Trinajstić information content (AvgIpc) is 2.76. The lowest BCUT2D eigenvalue weighted by Gasteiger charge is -2.35. The van der Waals surface area contributed by atoms with Crippen LogP contribution in [0, 0.1) is 0 Å². The Kier molecular flexibility index (Phi) is 3.25. The van der Waals surface area contributed by atoms with Gasteiger partial charge in [-0.15, -0.1) is 0 Å². The van der Waals surface area contributed by atoms with Crippen molar-refractivity contribution in [1.29, 1.82) is 0 Å². The summed E-state index contributed by atoms with van der Waals surface area (Å²) >= 11 is 0. The molecule has 108 valence electrons. The molecular formula is C17H23NO2. The third-order valence-electron chi connectivity index (χ3n) is 4.04. The van der Waals surface area contributed by atoms with Crippen LogP contribution in [0.15, 0.2) is 28.7 Å². The highest BCUT2D eigenvalue weighted by Crippen LogP contribution is 2.32. The van der Waals surface area contributed by atoms with Crippen molar-refractivity contribution in [2.24, 2.45) is 0 Å². The Hall–Kier alpha value is -1.48. The maximum atomic E-state index is 5.99. The van der Waals surface area contributed by atoms with Gasteiger partial charge in [-0.05, 0) is 38.1 Å². The molecule has 1 fully saturated rings. The van der Waals surface area contributed by atoms with E-state index in [1.807, 2.05) is 19.2 Å². The molecule has 0 unspecified atom stereocenters. The van der Waals surface area contributed by atoms with Crippen molar-refractivity contribution in [3.63, 3.8) is 0 Å². The Balaban J connectivity index is 1.77. The first-order chi connectivity index (χ1) is 9.45. The van der Waals surface area contributed by atoms with Gasteiger partial charge in [0.05, 0.1) is 0 Å². The normalized spacial score (nSPS) is 22.8. The Morgan fingerprint density at radius 2 is 1.95 bits per heavy atom. The second-order valence-corrected chi connectivity index (χ2v) is 6.76. The van der Waals surface area contributed by atoms with E-state index in [4.69, 9.17) is 9.15 Å². The Labute approximate surface area is 120 Å². The summed E-state index contributed by atoms with van der Waals surface area (Å²) in [6.07, 6.45) is 2.50. The minimum Gasteiger partial charge on any atom is -0.490 e. The molecule has 0 atom stereocenters. The van der Waals surface area contributed by atoms with Gasteiger partial charge in [0.15, 0.2) is 0 Å². The highest BCUT2D eigenvalue weighted by atomic mass is 16.5. The predicted octanol–water partition coefficient (Wildman–Crippen LogP) is 3.86. The van der Waals surface area contributed by atoms with Crippen LogP contribution in [0.3, 0.4) is 0 Å². The van der Waals surface area contributed by atoms with Crippen LogP contribution in [0.4, 0.5) is 0 Å². The summed E-state index contributed by atoms with van der Waals surface area (Å²) in [6.45, 7) is 6.48. The molecule has 0 spiro atoms. The molecule has 0 aliphatic heterocycles. The lowest BCUT2D eigenvalue weighted by Crippen LogP contribution is -2.45. The minimum absolute atomic E-state index is 0.0357. The largest absolute Gasteiger partial charge is 0.490 e. The topological polar surface area (TPSA) is 34.4 Å². The first-order valence-corrected chi connectivity index (χ1v) is 7.34. The van der Waals surface area contributed by atoms with E-state index in [2.05, 4.69) is 38.2 Å². The lowest BCUT2D eigenvalue weighted by atomic mass is 9.89. The lowest BCUT2D eigenvalue weighted by molar-refractivity contribution is 0.0885. The van der Waals surface area contributed by atoms with Crippen molar-refractivity contribution < 1.29 is 9.15 Å². The average molecular weight is 273 g/mol. The highest BCUT2D eigenvalue weighted by Gasteiger charge is 2.29. The minimum atomic E-state index is 0.0357. The van der Waals surface area contributed by atoms with E-state index >= 15 is 0 Å². The number of furan rings is 1. The zero-order valence-electron chi connectivity index (χ0n) is 12.7. The molecule has 3 nitrogen and oxygen atoms in total. The van der Waals surface area contributed by atoms with Crippen molar-refractivity contribution in [2.75, 3.05) is 7.05 Å². The van der Waals surface area contributed by atoms with Gasteiger partial charge in [-0.3, -0.25) is 0 Å². The van der Waals surface area contributed by atoms with Crippen LogP contribution in [0.2, 0.25) is 0 Å². The second-order valence-electron chi connectivity index (χ2n) is 6.76. The maximum Gasteiger partial charge on any atom is 0.137 e. The maximum absolute atomic E-state index is 5.99. The van der Waals surface area contributed by atoms with E-state index in [1.165, 1.54) is 0 Å². The molecule has 3 heteroatoms. The number of hydrogen-bond donors (Lipinski definition) is 1. The van der Waals surface area contributed by atoms with Gasteiger partial charge < -0.3 is 14.5 Å². The van der Waals surface area contributed by atoms with Gasteiger partial charge >= 0.3 is 0 Å². The van der Waals surface area contributed by atoms with Crippen molar-refractivity contribution in [3.05, 3.63) is 30.0 Å². The molecule has 0 radical (unpaired) electrons. The van der Waals surface area contributed by atoms with E-state index in [9.17, 15) is 0 Å². The van der Waals surface area contributed by atoms with Gasteiger partial charge in [-0.25, -0.2) is 0 Å². The van der Waals surface area contributed by atoms with Crippen LogP contribution in [-0.2, 0) is 5.41 Å². The highest BCUT2D eigenvalue weighted by molar-refractivity contribution is 5.79. The van der Waals surface area contributed by atoms with E-state index in [-0.39, 0.29) is 5.41 Å². The van der Waals surface area contributed by atoms with Crippen LogP contribution in [0.1, 0.15) is 39.4 Å². The van der Waals surface area contributed by atoms with Crippen molar-refractivity contribution >= 4 is 11.0 Å². The van der Waals surface area contributed by atoms with E-state index < -0.39 is 0 Å². The van der Waals surface area contributed by atoms with E-state index in [0.29, 0.717) is 12.1 Å². The van der Waals surface area contributed by atoms with Crippen LogP contribution in [0.5, 0.6) is 5.75 Å². The molecule has 1 saturated carbocycles. The Bertz CT molecular complexity index is 603. The third kappa shape index (κ3) is 2.55. The fourth-order valence-corrected chi connectivity index (χ4v) is 2.54. The van der Waals surface area contributed by atoms with Gasteiger partial charge in [0.1, 0.15) is 23.2 Å². The van der Waals surface area contributed by atoms with Crippen molar-refractivity contribution in [3.8, 4) is 5.75 Å².